The van der Waals surface area contributed by atoms with E-state index in [9.17, 15) is 9.18 Å². The van der Waals surface area contributed by atoms with Gasteiger partial charge in [-0.15, -0.1) is 16.4 Å². The van der Waals surface area contributed by atoms with E-state index in [-0.39, 0.29) is 17.8 Å². The topological polar surface area (TPSA) is 85.8 Å². The largest absolute Gasteiger partial charge is 0.347 e. The molecule has 1 aromatic carbocycles. The van der Waals surface area contributed by atoms with Crippen LogP contribution in [-0.2, 0) is 13.5 Å². The molecule has 3 aromatic rings. The minimum atomic E-state index is -0.284. The maximum Gasteiger partial charge on any atom is 0.261 e. The monoisotopic (exact) mass is 359 g/mol. The van der Waals surface area contributed by atoms with Crippen LogP contribution in [0.25, 0.3) is 11.3 Å². The summed E-state index contributed by atoms with van der Waals surface area (Å²) in [6.45, 7) is 0.299. The van der Waals surface area contributed by atoms with Crippen molar-refractivity contribution in [3.63, 3.8) is 0 Å². The summed E-state index contributed by atoms with van der Waals surface area (Å²) >= 11 is 1.35. The third-order valence-electron chi connectivity index (χ3n) is 3.85. The number of halogens is 1. The molecule has 0 unspecified atom stereocenters. The SMILES string of the molecule is Cn1nncc1-c1csc(C(=O)N[C@H](CN)Cc2ccc(F)cc2)c1. The van der Waals surface area contributed by atoms with Crippen molar-refractivity contribution in [2.75, 3.05) is 6.54 Å². The number of nitrogens with two attached hydrogens (primary N) is 1. The van der Waals surface area contributed by atoms with Gasteiger partial charge >= 0.3 is 0 Å². The van der Waals surface area contributed by atoms with E-state index in [1.54, 1.807) is 30.1 Å². The van der Waals surface area contributed by atoms with Crippen LogP contribution in [0.4, 0.5) is 4.39 Å². The van der Waals surface area contributed by atoms with Crippen LogP contribution in [0.5, 0.6) is 0 Å². The molecule has 1 atom stereocenters. The zero-order chi connectivity index (χ0) is 17.8. The Morgan fingerprint density at radius 3 is 2.80 bits per heavy atom. The Morgan fingerprint density at radius 2 is 2.16 bits per heavy atom. The molecule has 0 saturated heterocycles. The Bertz CT molecular complexity index is 858. The molecule has 0 aliphatic rings. The van der Waals surface area contributed by atoms with E-state index in [0.29, 0.717) is 17.8 Å². The minimum absolute atomic E-state index is 0.177. The third-order valence-corrected chi connectivity index (χ3v) is 4.78. The van der Waals surface area contributed by atoms with Crippen molar-refractivity contribution < 1.29 is 9.18 Å². The molecule has 0 radical (unpaired) electrons. The predicted molar refractivity (Wildman–Crippen MR) is 94.7 cm³/mol. The highest BCUT2D eigenvalue weighted by molar-refractivity contribution is 7.12. The molecule has 1 amide bonds. The average molecular weight is 359 g/mol. The second kappa shape index (κ2) is 7.54. The van der Waals surface area contributed by atoms with Gasteiger partial charge < -0.3 is 11.1 Å². The van der Waals surface area contributed by atoms with Crippen LogP contribution in [-0.4, -0.2) is 33.5 Å². The van der Waals surface area contributed by atoms with E-state index in [1.165, 1.54) is 23.5 Å². The van der Waals surface area contributed by atoms with Gasteiger partial charge in [0.25, 0.3) is 5.91 Å². The molecule has 6 nitrogen and oxygen atoms in total. The fraction of sp³-hybridized carbons (Fsp3) is 0.235. The first-order valence-electron chi connectivity index (χ1n) is 7.75. The summed E-state index contributed by atoms with van der Waals surface area (Å²) in [5.41, 5.74) is 8.43. The quantitative estimate of drug-likeness (QED) is 0.705. The molecule has 0 bridgehead atoms. The maximum absolute atomic E-state index is 13.0. The van der Waals surface area contributed by atoms with Gasteiger partial charge in [0.1, 0.15) is 5.82 Å². The van der Waals surface area contributed by atoms with Gasteiger partial charge in [-0.05, 0) is 30.2 Å². The number of aryl methyl sites for hydroxylation is 1. The highest BCUT2D eigenvalue weighted by atomic mass is 32.1. The van der Waals surface area contributed by atoms with Crippen molar-refractivity contribution >= 4 is 17.2 Å². The molecule has 3 N–H and O–H groups in total. The van der Waals surface area contributed by atoms with Gasteiger partial charge in [0.05, 0.1) is 16.8 Å². The van der Waals surface area contributed by atoms with Crippen molar-refractivity contribution in [2.24, 2.45) is 12.8 Å². The van der Waals surface area contributed by atoms with Gasteiger partial charge in [-0.3, -0.25) is 4.79 Å². The first kappa shape index (κ1) is 17.2. The molecule has 0 fully saturated rings. The fourth-order valence-corrected chi connectivity index (χ4v) is 3.30. The normalized spacial score (nSPS) is 12.1. The minimum Gasteiger partial charge on any atom is -0.347 e. The lowest BCUT2D eigenvalue weighted by atomic mass is 10.1. The van der Waals surface area contributed by atoms with Crippen LogP contribution in [0.1, 0.15) is 15.2 Å². The summed E-state index contributed by atoms with van der Waals surface area (Å²) < 4.78 is 14.6. The second-order valence-electron chi connectivity index (χ2n) is 5.68. The molecule has 8 heteroatoms. The Hall–Kier alpha value is -2.58. The number of nitrogens with one attached hydrogen (secondary N) is 1. The number of amides is 1. The number of hydrogen-bond donors (Lipinski definition) is 2. The van der Waals surface area contributed by atoms with Crippen LogP contribution in [0.2, 0.25) is 0 Å². The van der Waals surface area contributed by atoms with Crippen molar-refractivity contribution in [2.45, 2.75) is 12.5 Å². The third kappa shape index (κ3) is 4.09. The van der Waals surface area contributed by atoms with Crippen molar-refractivity contribution in [1.29, 1.82) is 0 Å². The van der Waals surface area contributed by atoms with Crippen molar-refractivity contribution in [3.05, 3.63) is 58.2 Å². The summed E-state index contributed by atoms with van der Waals surface area (Å²) in [4.78, 5) is 13.1. The summed E-state index contributed by atoms with van der Waals surface area (Å²) in [6.07, 6.45) is 2.20. The average Bonchev–Trinajstić information content (AvgIpc) is 3.24. The molecular weight excluding hydrogens is 341 g/mol. The molecule has 2 heterocycles. The number of rotatable bonds is 6. The van der Waals surface area contributed by atoms with Crippen LogP contribution in [0.3, 0.4) is 0 Å². The number of carbonyl (C=O) groups excluding carboxylic acids is 1. The standard InChI is InChI=1S/C17H18FN5OS/c1-23-15(9-20-22-23)12-7-16(25-10-12)17(24)21-14(8-19)6-11-2-4-13(18)5-3-11/h2-5,7,9-10,14H,6,8,19H2,1H3,(H,21,24)/t14-/m0/s1. The first-order valence-corrected chi connectivity index (χ1v) is 8.63. The summed E-state index contributed by atoms with van der Waals surface area (Å²) in [5.74, 6) is -0.461. The predicted octanol–water partition coefficient (Wildman–Crippen LogP) is 1.98. The molecule has 0 aliphatic heterocycles. The molecule has 0 saturated carbocycles. The maximum atomic E-state index is 13.0. The van der Waals surface area contributed by atoms with Crippen molar-refractivity contribution in [3.8, 4) is 11.3 Å². The molecule has 25 heavy (non-hydrogen) atoms. The Balaban J connectivity index is 1.67. The van der Waals surface area contributed by atoms with Crippen LogP contribution >= 0.6 is 11.3 Å². The number of aromatic nitrogens is 3. The first-order chi connectivity index (χ1) is 12.1. The van der Waals surface area contributed by atoms with E-state index in [2.05, 4.69) is 15.6 Å². The van der Waals surface area contributed by atoms with Gasteiger partial charge in [-0.25, -0.2) is 9.07 Å². The summed E-state index contributed by atoms with van der Waals surface area (Å²) in [5, 5.41) is 12.6. The van der Waals surface area contributed by atoms with Gasteiger partial charge in [0.15, 0.2) is 0 Å². The summed E-state index contributed by atoms with van der Waals surface area (Å²) in [7, 11) is 1.80. The molecular formula is C17H18FN5OS. The lowest BCUT2D eigenvalue weighted by molar-refractivity contribution is 0.0942. The van der Waals surface area contributed by atoms with E-state index in [4.69, 9.17) is 5.73 Å². The van der Waals surface area contributed by atoms with Gasteiger partial charge in [0.2, 0.25) is 0 Å². The zero-order valence-corrected chi connectivity index (χ0v) is 14.5. The van der Waals surface area contributed by atoms with E-state index < -0.39 is 0 Å². The van der Waals surface area contributed by atoms with Gasteiger partial charge in [-0.1, -0.05) is 17.3 Å². The van der Waals surface area contributed by atoms with Crippen molar-refractivity contribution in [1.82, 2.24) is 20.3 Å². The molecule has 0 spiro atoms. The number of nitrogens with zero attached hydrogens (tertiary/aromatic N) is 3. The van der Waals surface area contributed by atoms with Crippen LogP contribution < -0.4 is 11.1 Å². The molecule has 130 valence electrons. The molecule has 0 aliphatic carbocycles. The number of hydrogen-bond acceptors (Lipinski definition) is 5. The second-order valence-corrected chi connectivity index (χ2v) is 6.59. The number of carbonyl (C=O) groups is 1. The number of benzene rings is 1. The summed E-state index contributed by atoms with van der Waals surface area (Å²) in [6, 6.07) is 7.79. The van der Waals surface area contributed by atoms with E-state index in [1.807, 2.05) is 11.4 Å². The van der Waals surface area contributed by atoms with E-state index >= 15 is 0 Å². The Labute approximate surface area is 148 Å². The smallest absolute Gasteiger partial charge is 0.261 e. The van der Waals surface area contributed by atoms with Gasteiger partial charge in [-0.2, -0.15) is 0 Å². The zero-order valence-electron chi connectivity index (χ0n) is 13.6. The number of thiophene rings is 1. The van der Waals surface area contributed by atoms with Gasteiger partial charge in [0, 0.05) is 30.6 Å². The van der Waals surface area contributed by atoms with Crippen LogP contribution in [0, 0.1) is 5.82 Å². The fourth-order valence-electron chi connectivity index (χ4n) is 2.50. The Morgan fingerprint density at radius 1 is 1.40 bits per heavy atom. The lowest BCUT2D eigenvalue weighted by Crippen LogP contribution is -2.41. The van der Waals surface area contributed by atoms with E-state index in [0.717, 1.165) is 16.8 Å². The molecule has 3 rings (SSSR count). The van der Waals surface area contributed by atoms with Crippen LogP contribution in [0.15, 0.2) is 41.9 Å². The Kier molecular flexibility index (Phi) is 5.20. The molecule has 2 aromatic heterocycles. The lowest BCUT2D eigenvalue weighted by Gasteiger charge is -2.16. The highest BCUT2D eigenvalue weighted by Gasteiger charge is 2.16. The highest BCUT2D eigenvalue weighted by Crippen LogP contribution is 2.24.